The molecule has 96 valence electrons. The maximum atomic E-state index is 5.15. The maximum absolute atomic E-state index is 5.15. The van der Waals surface area contributed by atoms with Crippen LogP contribution in [-0.2, 0) is 11.3 Å². The third kappa shape index (κ3) is 4.75. The minimum Gasteiger partial charge on any atom is -0.383 e. The van der Waals surface area contributed by atoms with Crippen molar-refractivity contribution in [3.05, 3.63) is 29.3 Å². The van der Waals surface area contributed by atoms with Gasteiger partial charge in [0.15, 0.2) is 0 Å². The fraction of sp³-hybridized carbons (Fsp3) is 0.571. The number of hydrogen-bond acceptors (Lipinski definition) is 3. The van der Waals surface area contributed by atoms with Crippen molar-refractivity contribution >= 4 is 5.69 Å². The Bertz CT molecular complexity index is 350. The topological polar surface area (TPSA) is 24.5 Å². The average molecular weight is 236 g/mol. The van der Waals surface area contributed by atoms with Gasteiger partial charge in [-0.15, -0.1) is 0 Å². The number of aryl methyl sites for hydroxylation is 1. The first-order valence-electron chi connectivity index (χ1n) is 6.02. The third-order valence-corrected chi connectivity index (χ3v) is 2.57. The van der Waals surface area contributed by atoms with Crippen LogP contribution in [0.1, 0.15) is 18.1 Å². The Labute approximate surface area is 105 Å². The molecule has 0 aliphatic heterocycles. The Morgan fingerprint density at radius 3 is 2.65 bits per heavy atom. The van der Waals surface area contributed by atoms with Crippen LogP contribution < -0.4 is 5.32 Å². The summed E-state index contributed by atoms with van der Waals surface area (Å²) in [7, 11) is 5.91. The predicted molar refractivity (Wildman–Crippen MR) is 73.5 cm³/mol. The number of methoxy groups -OCH3 is 1. The van der Waals surface area contributed by atoms with E-state index < -0.39 is 0 Å². The van der Waals surface area contributed by atoms with Gasteiger partial charge in [0, 0.05) is 25.4 Å². The van der Waals surface area contributed by atoms with Crippen molar-refractivity contribution in [3.63, 3.8) is 0 Å². The van der Waals surface area contributed by atoms with Crippen LogP contribution in [0.15, 0.2) is 18.2 Å². The van der Waals surface area contributed by atoms with E-state index in [1.165, 1.54) is 16.8 Å². The number of anilines is 1. The van der Waals surface area contributed by atoms with E-state index >= 15 is 0 Å². The molecule has 0 fully saturated rings. The number of ether oxygens (including phenoxy) is 1. The van der Waals surface area contributed by atoms with E-state index in [1.54, 1.807) is 7.11 Å². The molecule has 1 aromatic rings. The van der Waals surface area contributed by atoms with E-state index in [2.05, 4.69) is 56.4 Å². The lowest BCUT2D eigenvalue weighted by Crippen LogP contribution is -2.22. The Balaban J connectivity index is 2.82. The van der Waals surface area contributed by atoms with Gasteiger partial charge in [-0.1, -0.05) is 17.7 Å². The molecular weight excluding hydrogens is 212 g/mol. The van der Waals surface area contributed by atoms with Crippen LogP contribution in [0.2, 0.25) is 0 Å². The van der Waals surface area contributed by atoms with E-state index in [-0.39, 0.29) is 0 Å². The van der Waals surface area contributed by atoms with Crippen LogP contribution in [0.5, 0.6) is 0 Å². The standard InChI is InChI=1S/C14H24N2O/c1-11-6-7-14(15-12(2)10-17-5)13(8-11)9-16(3)4/h6-8,12,15H,9-10H2,1-5H3. The van der Waals surface area contributed by atoms with Crippen molar-refractivity contribution in [2.45, 2.75) is 26.4 Å². The summed E-state index contributed by atoms with van der Waals surface area (Å²) in [6.07, 6.45) is 0. The van der Waals surface area contributed by atoms with E-state index in [9.17, 15) is 0 Å². The number of nitrogens with one attached hydrogen (secondary N) is 1. The molecule has 0 bridgehead atoms. The minimum absolute atomic E-state index is 0.323. The first-order chi connectivity index (χ1) is 8.02. The molecule has 1 N–H and O–H groups in total. The Kier molecular flexibility index (Phi) is 5.45. The van der Waals surface area contributed by atoms with Crippen LogP contribution in [0.3, 0.4) is 0 Å². The number of benzene rings is 1. The van der Waals surface area contributed by atoms with Crippen LogP contribution in [-0.4, -0.2) is 38.8 Å². The summed E-state index contributed by atoms with van der Waals surface area (Å²) in [5.74, 6) is 0. The zero-order chi connectivity index (χ0) is 12.8. The zero-order valence-corrected chi connectivity index (χ0v) is 11.6. The smallest absolute Gasteiger partial charge is 0.0661 e. The highest BCUT2D eigenvalue weighted by atomic mass is 16.5. The minimum atomic E-state index is 0.323. The molecule has 3 nitrogen and oxygen atoms in total. The lowest BCUT2D eigenvalue weighted by Gasteiger charge is -2.20. The molecule has 1 aromatic carbocycles. The van der Waals surface area contributed by atoms with Crippen molar-refractivity contribution in [2.75, 3.05) is 33.1 Å². The molecule has 0 radical (unpaired) electrons. The van der Waals surface area contributed by atoms with Crippen molar-refractivity contribution in [2.24, 2.45) is 0 Å². The van der Waals surface area contributed by atoms with Crippen LogP contribution in [0.4, 0.5) is 5.69 Å². The molecule has 3 heteroatoms. The van der Waals surface area contributed by atoms with Gasteiger partial charge in [0.05, 0.1) is 6.61 Å². The average Bonchev–Trinajstić information content (AvgIpc) is 2.21. The van der Waals surface area contributed by atoms with Crippen LogP contribution >= 0.6 is 0 Å². The largest absolute Gasteiger partial charge is 0.383 e. The molecule has 1 unspecified atom stereocenters. The molecule has 0 saturated carbocycles. The van der Waals surface area contributed by atoms with Gasteiger partial charge in [0.25, 0.3) is 0 Å². The number of hydrogen-bond donors (Lipinski definition) is 1. The second-order valence-electron chi connectivity index (χ2n) is 4.90. The monoisotopic (exact) mass is 236 g/mol. The summed E-state index contributed by atoms with van der Waals surface area (Å²) in [5.41, 5.74) is 3.83. The predicted octanol–water partition coefficient (Wildman–Crippen LogP) is 2.50. The normalized spacial score (nSPS) is 12.8. The summed E-state index contributed by atoms with van der Waals surface area (Å²) in [6.45, 7) is 5.92. The van der Waals surface area contributed by atoms with Crippen LogP contribution in [0, 0.1) is 6.92 Å². The summed E-state index contributed by atoms with van der Waals surface area (Å²) in [5, 5.41) is 3.49. The third-order valence-electron chi connectivity index (χ3n) is 2.57. The van der Waals surface area contributed by atoms with E-state index in [0.29, 0.717) is 6.04 Å². The fourth-order valence-electron chi connectivity index (χ4n) is 1.89. The summed E-state index contributed by atoms with van der Waals surface area (Å²) in [4.78, 5) is 2.18. The van der Waals surface area contributed by atoms with Crippen molar-refractivity contribution in [1.29, 1.82) is 0 Å². The molecule has 0 spiro atoms. The van der Waals surface area contributed by atoms with Gasteiger partial charge in [0.1, 0.15) is 0 Å². The highest BCUT2D eigenvalue weighted by molar-refractivity contribution is 5.53. The van der Waals surface area contributed by atoms with Gasteiger partial charge >= 0.3 is 0 Å². The Morgan fingerprint density at radius 2 is 2.06 bits per heavy atom. The van der Waals surface area contributed by atoms with Gasteiger partial charge in [-0.2, -0.15) is 0 Å². The summed E-state index contributed by atoms with van der Waals surface area (Å²) in [6, 6.07) is 6.85. The zero-order valence-electron chi connectivity index (χ0n) is 11.6. The Hall–Kier alpha value is -1.06. The van der Waals surface area contributed by atoms with Gasteiger partial charge in [-0.05, 0) is 39.6 Å². The van der Waals surface area contributed by atoms with E-state index in [1.807, 2.05) is 0 Å². The molecule has 1 rings (SSSR count). The van der Waals surface area contributed by atoms with Gasteiger partial charge < -0.3 is 15.0 Å². The number of rotatable bonds is 6. The van der Waals surface area contributed by atoms with Crippen molar-refractivity contribution in [3.8, 4) is 0 Å². The van der Waals surface area contributed by atoms with Crippen molar-refractivity contribution < 1.29 is 4.74 Å². The van der Waals surface area contributed by atoms with Gasteiger partial charge in [-0.25, -0.2) is 0 Å². The van der Waals surface area contributed by atoms with Gasteiger partial charge in [0.2, 0.25) is 0 Å². The summed E-state index contributed by atoms with van der Waals surface area (Å²) < 4.78 is 5.15. The second kappa shape index (κ2) is 6.62. The molecule has 1 atom stereocenters. The second-order valence-corrected chi connectivity index (χ2v) is 4.90. The highest BCUT2D eigenvalue weighted by Gasteiger charge is 2.07. The molecular formula is C14H24N2O. The fourth-order valence-corrected chi connectivity index (χ4v) is 1.89. The van der Waals surface area contributed by atoms with E-state index in [0.717, 1.165) is 13.2 Å². The molecule has 0 heterocycles. The molecule has 0 aromatic heterocycles. The SMILES string of the molecule is COCC(C)Nc1ccc(C)cc1CN(C)C. The van der Waals surface area contributed by atoms with Crippen molar-refractivity contribution in [1.82, 2.24) is 4.90 Å². The van der Waals surface area contributed by atoms with E-state index in [4.69, 9.17) is 4.74 Å². The summed E-state index contributed by atoms with van der Waals surface area (Å²) >= 11 is 0. The number of nitrogens with zero attached hydrogens (tertiary/aromatic N) is 1. The Morgan fingerprint density at radius 1 is 1.35 bits per heavy atom. The quantitative estimate of drug-likeness (QED) is 0.821. The molecule has 0 amide bonds. The van der Waals surface area contributed by atoms with Crippen LogP contribution in [0.25, 0.3) is 0 Å². The molecule has 0 aliphatic carbocycles. The molecule has 0 saturated heterocycles. The first kappa shape index (κ1) is 14.0. The van der Waals surface area contributed by atoms with Gasteiger partial charge in [-0.3, -0.25) is 0 Å². The lowest BCUT2D eigenvalue weighted by molar-refractivity contribution is 0.190. The molecule has 17 heavy (non-hydrogen) atoms. The highest BCUT2D eigenvalue weighted by Crippen LogP contribution is 2.19. The lowest BCUT2D eigenvalue weighted by atomic mass is 10.1. The first-order valence-corrected chi connectivity index (χ1v) is 6.02. The molecule has 0 aliphatic rings. The maximum Gasteiger partial charge on any atom is 0.0661 e.